The lowest BCUT2D eigenvalue weighted by molar-refractivity contribution is -0.122. The molecule has 0 spiro atoms. The van der Waals surface area contributed by atoms with Gasteiger partial charge in [-0.15, -0.1) is 21.5 Å². The molecule has 0 saturated carbocycles. The van der Waals surface area contributed by atoms with Crippen LogP contribution in [0.1, 0.15) is 12.0 Å². The summed E-state index contributed by atoms with van der Waals surface area (Å²) < 4.78 is 0. The van der Waals surface area contributed by atoms with E-state index in [1.165, 1.54) is 10.4 Å². The molecule has 2 heterocycles. The number of amides is 1. The monoisotopic (exact) mass is 327 g/mol. The zero-order valence-corrected chi connectivity index (χ0v) is 13.4. The van der Waals surface area contributed by atoms with Gasteiger partial charge in [0, 0.05) is 6.54 Å². The summed E-state index contributed by atoms with van der Waals surface area (Å²) >= 11 is 1.54. The van der Waals surface area contributed by atoms with Crippen molar-refractivity contribution in [3.63, 3.8) is 0 Å². The highest BCUT2D eigenvalue weighted by atomic mass is 32.1. The number of benzene rings is 1. The van der Waals surface area contributed by atoms with Crippen LogP contribution in [0.15, 0.2) is 47.8 Å². The van der Waals surface area contributed by atoms with Gasteiger partial charge in [0.1, 0.15) is 6.54 Å². The number of tetrazole rings is 1. The molecule has 0 saturated heterocycles. The van der Waals surface area contributed by atoms with Crippen molar-refractivity contribution in [2.24, 2.45) is 0 Å². The van der Waals surface area contributed by atoms with E-state index in [2.05, 4.69) is 32.9 Å². The van der Waals surface area contributed by atoms with Crippen LogP contribution in [-0.2, 0) is 17.8 Å². The molecule has 118 valence electrons. The van der Waals surface area contributed by atoms with Crippen LogP contribution in [0.3, 0.4) is 0 Å². The van der Waals surface area contributed by atoms with Crippen molar-refractivity contribution in [2.75, 3.05) is 6.54 Å². The van der Waals surface area contributed by atoms with E-state index in [1.807, 2.05) is 35.7 Å². The molecular formula is C16H17N5OS. The molecule has 23 heavy (non-hydrogen) atoms. The Kier molecular flexibility index (Phi) is 5.10. The second-order valence-corrected chi connectivity index (χ2v) is 6.01. The first kappa shape index (κ1) is 15.4. The molecule has 3 rings (SSSR count). The molecule has 1 N–H and O–H groups in total. The predicted molar refractivity (Wildman–Crippen MR) is 88.9 cm³/mol. The number of carbonyl (C=O) groups excluding carboxylic acids is 1. The maximum atomic E-state index is 11.9. The average molecular weight is 327 g/mol. The molecule has 3 aromatic rings. The SMILES string of the molecule is O=C(Cn1nnc(-c2cccs2)n1)NCCCc1ccccc1. The molecule has 0 bridgehead atoms. The Morgan fingerprint density at radius 2 is 2.04 bits per heavy atom. The maximum Gasteiger partial charge on any atom is 0.243 e. The van der Waals surface area contributed by atoms with Crippen LogP contribution in [-0.4, -0.2) is 32.7 Å². The van der Waals surface area contributed by atoms with Gasteiger partial charge < -0.3 is 5.32 Å². The molecule has 0 radical (unpaired) electrons. The number of aromatic nitrogens is 4. The molecule has 1 amide bonds. The van der Waals surface area contributed by atoms with Crippen molar-refractivity contribution >= 4 is 17.2 Å². The molecule has 0 unspecified atom stereocenters. The summed E-state index contributed by atoms with van der Waals surface area (Å²) in [6.45, 7) is 0.726. The van der Waals surface area contributed by atoms with Gasteiger partial charge in [-0.05, 0) is 35.1 Å². The third-order valence-corrected chi connectivity index (χ3v) is 4.15. The van der Waals surface area contributed by atoms with Crippen molar-refractivity contribution in [2.45, 2.75) is 19.4 Å². The summed E-state index contributed by atoms with van der Waals surface area (Å²) in [7, 11) is 0. The molecule has 0 fully saturated rings. The van der Waals surface area contributed by atoms with Crippen molar-refractivity contribution in [1.82, 2.24) is 25.5 Å². The number of hydrogen-bond acceptors (Lipinski definition) is 5. The largest absolute Gasteiger partial charge is 0.354 e. The van der Waals surface area contributed by atoms with E-state index in [4.69, 9.17) is 0 Å². The van der Waals surface area contributed by atoms with Gasteiger partial charge in [-0.2, -0.15) is 4.80 Å². The zero-order chi connectivity index (χ0) is 15.9. The maximum absolute atomic E-state index is 11.9. The van der Waals surface area contributed by atoms with E-state index in [0.717, 1.165) is 17.7 Å². The third-order valence-electron chi connectivity index (χ3n) is 3.29. The van der Waals surface area contributed by atoms with Crippen LogP contribution < -0.4 is 5.32 Å². The Morgan fingerprint density at radius 3 is 2.83 bits per heavy atom. The van der Waals surface area contributed by atoms with E-state index in [-0.39, 0.29) is 12.5 Å². The highest BCUT2D eigenvalue weighted by Gasteiger charge is 2.09. The van der Waals surface area contributed by atoms with Gasteiger partial charge in [-0.1, -0.05) is 36.4 Å². The van der Waals surface area contributed by atoms with Crippen LogP contribution in [0.5, 0.6) is 0 Å². The molecule has 0 aliphatic rings. The number of carbonyl (C=O) groups is 1. The van der Waals surface area contributed by atoms with Crippen LogP contribution in [0, 0.1) is 0 Å². The Labute approximate surface area is 138 Å². The van der Waals surface area contributed by atoms with Crippen molar-refractivity contribution in [3.05, 3.63) is 53.4 Å². The molecule has 1 aromatic carbocycles. The predicted octanol–water partition coefficient (Wildman–Crippen LogP) is 2.15. The molecule has 0 aliphatic heterocycles. The zero-order valence-electron chi connectivity index (χ0n) is 12.6. The van der Waals surface area contributed by atoms with Gasteiger partial charge in [-0.25, -0.2) is 0 Å². The van der Waals surface area contributed by atoms with Crippen molar-refractivity contribution in [3.8, 4) is 10.7 Å². The van der Waals surface area contributed by atoms with Gasteiger partial charge in [0.2, 0.25) is 11.7 Å². The molecule has 2 aromatic heterocycles. The van der Waals surface area contributed by atoms with E-state index in [9.17, 15) is 4.79 Å². The summed E-state index contributed by atoms with van der Waals surface area (Å²) in [4.78, 5) is 14.1. The number of nitrogens with one attached hydrogen (secondary N) is 1. The molecule has 0 atom stereocenters. The van der Waals surface area contributed by atoms with Gasteiger partial charge in [0.15, 0.2) is 0 Å². The Bertz CT molecular complexity index is 739. The Morgan fingerprint density at radius 1 is 1.17 bits per heavy atom. The third kappa shape index (κ3) is 4.46. The van der Waals surface area contributed by atoms with Gasteiger partial charge in [0.25, 0.3) is 0 Å². The average Bonchev–Trinajstić information content (AvgIpc) is 3.24. The van der Waals surface area contributed by atoms with Crippen LogP contribution in [0.25, 0.3) is 10.7 Å². The fourth-order valence-electron chi connectivity index (χ4n) is 2.16. The minimum Gasteiger partial charge on any atom is -0.354 e. The number of thiophene rings is 1. The molecule has 6 nitrogen and oxygen atoms in total. The first-order valence-electron chi connectivity index (χ1n) is 7.43. The number of nitrogens with zero attached hydrogens (tertiary/aromatic N) is 4. The summed E-state index contributed by atoms with van der Waals surface area (Å²) in [5, 5.41) is 16.9. The number of rotatable bonds is 7. The van der Waals surface area contributed by atoms with Gasteiger partial charge >= 0.3 is 0 Å². The van der Waals surface area contributed by atoms with Gasteiger partial charge in [0.05, 0.1) is 4.88 Å². The second kappa shape index (κ2) is 7.64. The number of hydrogen-bond donors (Lipinski definition) is 1. The summed E-state index contributed by atoms with van der Waals surface area (Å²) in [5.41, 5.74) is 1.28. The first-order chi connectivity index (χ1) is 11.3. The smallest absolute Gasteiger partial charge is 0.243 e. The molecule has 0 aliphatic carbocycles. The second-order valence-electron chi connectivity index (χ2n) is 5.06. The lowest BCUT2D eigenvalue weighted by Gasteiger charge is -2.04. The number of aryl methyl sites for hydroxylation is 1. The van der Waals surface area contributed by atoms with E-state index < -0.39 is 0 Å². The van der Waals surface area contributed by atoms with Crippen LogP contribution >= 0.6 is 11.3 Å². The van der Waals surface area contributed by atoms with E-state index in [1.54, 1.807) is 11.3 Å². The quantitative estimate of drug-likeness (QED) is 0.675. The summed E-state index contributed by atoms with van der Waals surface area (Å²) in [6, 6.07) is 14.1. The molecular weight excluding hydrogens is 310 g/mol. The van der Waals surface area contributed by atoms with E-state index >= 15 is 0 Å². The van der Waals surface area contributed by atoms with Crippen LogP contribution in [0.4, 0.5) is 0 Å². The lowest BCUT2D eigenvalue weighted by Crippen LogP contribution is -2.29. The Hall–Kier alpha value is -2.54. The highest BCUT2D eigenvalue weighted by Crippen LogP contribution is 2.19. The summed E-state index contributed by atoms with van der Waals surface area (Å²) in [5.74, 6) is 0.449. The Balaban J connectivity index is 1.41. The first-order valence-corrected chi connectivity index (χ1v) is 8.31. The topological polar surface area (TPSA) is 72.7 Å². The van der Waals surface area contributed by atoms with Crippen molar-refractivity contribution in [1.29, 1.82) is 0 Å². The standard InChI is InChI=1S/C16H17N5OS/c22-15(17-10-4-8-13-6-2-1-3-7-13)12-21-19-16(18-20-21)14-9-5-11-23-14/h1-3,5-7,9,11H,4,8,10,12H2,(H,17,22). The fourth-order valence-corrected chi connectivity index (χ4v) is 2.81. The summed E-state index contributed by atoms with van der Waals surface area (Å²) in [6.07, 6.45) is 1.85. The van der Waals surface area contributed by atoms with Crippen molar-refractivity contribution < 1.29 is 4.79 Å². The van der Waals surface area contributed by atoms with E-state index in [0.29, 0.717) is 12.4 Å². The minimum absolute atomic E-state index is 0.0870. The normalized spacial score (nSPS) is 10.6. The van der Waals surface area contributed by atoms with Gasteiger partial charge in [-0.3, -0.25) is 4.79 Å². The molecule has 7 heteroatoms. The van der Waals surface area contributed by atoms with Crippen LogP contribution in [0.2, 0.25) is 0 Å². The highest BCUT2D eigenvalue weighted by molar-refractivity contribution is 7.13. The fraction of sp³-hybridized carbons (Fsp3) is 0.250. The lowest BCUT2D eigenvalue weighted by atomic mass is 10.1. The minimum atomic E-state index is -0.104.